The molecule has 0 spiro atoms. The van der Waals surface area contributed by atoms with Gasteiger partial charge in [-0.2, -0.15) is 0 Å². The normalized spacial score (nSPS) is 11.0. The van der Waals surface area contributed by atoms with Crippen LogP contribution >= 0.6 is 0 Å². The van der Waals surface area contributed by atoms with E-state index in [1.165, 1.54) is 16.7 Å². The van der Waals surface area contributed by atoms with Gasteiger partial charge < -0.3 is 15.2 Å². The lowest BCUT2D eigenvalue weighted by Gasteiger charge is -2.14. The quantitative estimate of drug-likeness (QED) is 0.741. The van der Waals surface area contributed by atoms with Gasteiger partial charge in [0, 0.05) is 20.6 Å². The molecule has 1 aromatic carbocycles. The van der Waals surface area contributed by atoms with Crippen molar-refractivity contribution in [1.29, 1.82) is 0 Å². The summed E-state index contributed by atoms with van der Waals surface area (Å²) in [6.07, 6.45) is 0.983. The van der Waals surface area contributed by atoms with Crippen molar-refractivity contribution in [2.24, 2.45) is 7.05 Å². The summed E-state index contributed by atoms with van der Waals surface area (Å²) in [7, 11) is 3.52. The molecule has 2 aromatic heterocycles. The first-order chi connectivity index (χ1) is 12.5. The summed E-state index contributed by atoms with van der Waals surface area (Å²) < 4.78 is 1.90. The van der Waals surface area contributed by atoms with Crippen molar-refractivity contribution >= 4 is 22.8 Å². The number of rotatable bonds is 5. The van der Waals surface area contributed by atoms with Gasteiger partial charge in [0.1, 0.15) is 17.0 Å². The summed E-state index contributed by atoms with van der Waals surface area (Å²) >= 11 is 0. The first-order valence-corrected chi connectivity index (χ1v) is 8.83. The number of carbonyl (C=O) groups excluding carboxylic acids is 1. The largest absolute Gasteiger partial charge is 0.379 e. The molecule has 0 fully saturated rings. The summed E-state index contributed by atoms with van der Waals surface area (Å²) in [6, 6.07) is 8.15. The predicted octanol–water partition coefficient (Wildman–Crippen LogP) is 3.12. The van der Waals surface area contributed by atoms with E-state index in [1.54, 1.807) is 13.1 Å². The fraction of sp³-hybridized carbons (Fsp3) is 0.350. The summed E-state index contributed by atoms with van der Waals surface area (Å²) in [4.78, 5) is 21.2. The van der Waals surface area contributed by atoms with Crippen molar-refractivity contribution in [3.63, 3.8) is 0 Å². The van der Waals surface area contributed by atoms with Crippen LogP contribution in [0, 0.1) is 13.8 Å². The Morgan fingerprint density at radius 1 is 1.23 bits per heavy atom. The highest BCUT2D eigenvalue weighted by molar-refractivity contribution is 5.97. The number of amides is 1. The number of aromatic nitrogens is 3. The molecule has 6 heteroatoms. The Hall–Kier alpha value is -2.89. The van der Waals surface area contributed by atoms with Gasteiger partial charge in [0.15, 0.2) is 5.65 Å². The number of imidazole rings is 1. The average molecular weight is 351 g/mol. The van der Waals surface area contributed by atoms with Gasteiger partial charge in [-0.1, -0.05) is 25.1 Å². The molecule has 2 heterocycles. The maximum Gasteiger partial charge on any atom is 0.269 e. The van der Waals surface area contributed by atoms with Gasteiger partial charge in [0.05, 0.1) is 5.69 Å². The molecule has 0 aliphatic heterocycles. The lowest BCUT2D eigenvalue weighted by molar-refractivity contribution is 0.0958. The minimum atomic E-state index is -0.209. The van der Waals surface area contributed by atoms with Gasteiger partial charge in [-0.25, -0.2) is 9.97 Å². The number of fused-ring (bicyclic) bond motifs is 1. The standard InChI is InChI=1S/C20H25N5O/c1-6-14-9-7-8-12(2)15(14)11-22-16-10-17(20(26)21-4)24-19-18(16)23-13(3)25(19)5/h7-10H,6,11H2,1-5H3,(H,21,26)(H,22,24). The molecule has 2 N–H and O–H groups in total. The molecule has 26 heavy (non-hydrogen) atoms. The van der Waals surface area contributed by atoms with E-state index in [-0.39, 0.29) is 5.91 Å². The number of nitrogens with one attached hydrogen (secondary N) is 2. The van der Waals surface area contributed by atoms with Crippen LogP contribution in [0.1, 0.15) is 39.9 Å². The third-order valence-electron chi connectivity index (χ3n) is 4.85. The summed E-state index contributed by atoms with van der Waals surface area (Å²) in [5.74, 6) is 0.647. The van der Waals surface area contributed by atoms with E-state index >= 15 is 0 Å². The van der Waals surface area contributed by atoms with Crippen LogP contribution in [0.5, 0.6) is 0 Å². The van der Waals surface area contributed by atoms with E-state index in [0.717, 1.165) is 23.4 Å². The average Bonchev–Trinajstić information content (AvgIpc) is 2.94. The molecule has 6 nitrogen and oxygen atoms in total. The first kappa shape index (κ1) is 17.9. The lowest BCUT2D eigenvalue weighted by atomic mass is 10.00. The summed E-state index contributed by atoms with van der Waals surface area (Å²) in [5, 5.41) is 6.13. The van der Waals surface area contributed by atoms with Gasteiger partial charge in [-0.05, 0) is 43.0 Å². The number of hydrogen-bond acceptors (Lipinski definition) is 4. The number of carbonyl (C=O) groups is 1. The maximum atomic E-state index is 12.1. The molecule has 0 aliphatic carbocycles. The smallest absolute Gasteiger partial charge is 0.269 e. The number of pyridine rings is 1. The van der Waals surface area contributed by atoms with E-state index < -0.39 is 0 Å². The van der Waals surface area contributed by atoms with E-state index in [2.05, 4.69) is 52.6 Å². The van der Waals surface area contributed by atoms with Crippen LogP contribution in [0.15, 0.2) is 24.3 Å². The van der Waals surface area contributed by atoms with Gasteiger partial charge in [-0.15, -0.1) is 0 Å². The molecular weight excluding hydrogens is 326 g/mol. The topological polar surface area (TPSA) is 71.8 Å². The van der Waals surface area contributed by atoms with Crippen LogP contribution in [0.2, 0.25) is 0 Å². The minimum absolute atomic E-state index is 0.209. The van der Waals surface area contributed by atoms with Crippen LogP contribution in [-0.4, -0.2) is 27.5 Å². The highest BCUT2D eigenvalue weighted by Gasteiger charge is 2.16. The van der Waals surface area contributed by atoms with E-state index in [4.69, 9.17) is 0 Å². The second-order valence-electron chi connectivity index (χ2n) is 6.44. The number of hydrogen-bond donors (Lipinski definition) is 2. The van der Waals surface area contributed by atoms with Gasteiger partial charge >= 0.3 is 0 Å². The lowest BCUT2D eigenvalue weighted by Crippen LogP contribution is -2.20. The molecule has 3 aromatic rings. The van der Waals surface area contributed by atoms with Crippen molar-refractivity contribution in [3.05, 3.63) is 52.5 Å². The predicted molar refractivity (Wildman–Crippen MR) is 105 cm³/mol. The fourth-order valence-electron chi connectivity index (χ4n) is 3.17. The molecule has 0 unspecified atom stereocenters. The zero-order chi connectivity index (χ0) is 18.8. The number of nitrogens with zero attached hydrogens (tertiary/aromatic N) is 3. The number of aryl methyl sites for hydroxylation is 4. The van der Waals surface area contributed by atoms with Gasteiger partial charge in [0.25, 0.3) is 5.91 Å². The Morgan fingerprint density at radius 2 is 2.00 bits per heavy atom. The zero-order valence-corrected chi connectivity index (χ0v) is 16.0. The van der Waals surface area contributed by atoms with Crippen molar-refractivity contribution in [1.82, 2.24) is 19.9 Å². The molecule has 136 valence electrons. The van der Waals surface area contributed by atoms with Crippen LogP contribution in [0.3, 0.4) is 0 Å². The first-order valence-electron chi connectivity index (χ1n) is 8.83. The molecule has 1 amide bonds. The van der Waals surface area contributed by atoms with Crippen molar-refractivity contribution in [2.75, 3.05) is 12.4 Å². The van der Waals surface area contributed by atoms with Gasteiger partial charge in [-0.3, -0.25) is 4.79 Å². The van der Waals surface area contributed by atoms with Crippen LogP contribution in [-0.2, 0) is 20.0 Å². The second-order valence-corrected chi connectivity index (χ2v) is 6.44. The number of benzene rings is 1. The Balaban J connectivity index is 2.04. The number of anilines is 1. The van der Waals surface area contributed by atoms with Crippen molar-refractivity contribution in [2.45, 2.75) is 33.7 Å². The highest BCUT2D eigenvalue weighted by Crippen LogP contribution is 2.25. The molecule has 0 radical (unpaired) electrons. The van der Waals surface area contributed by atoms with Crippen LogP contribution in [0.25, 0.3) is 11.2 Å². The summed E-state index contributed by atoms with van der Waals surface area (Å²) in [5.41, 5.74) is 6.55. The SMILES string of the molecule is CCc1cccc(C)c1CNc1cc(C(=O)NC)nc2c1nc(C)n2C. The Kier molecular flexibility index (Phi) is 4.93. The molecule has 0 bridgehead atoms. The van der Waals surface area contributed by atoms with Crippen LogP contribution in [0.4, 0.5) is 5.69 Å². The van der Waals surface area contributed by atoms with E-state index in [0.29, 0.717) is 17.9 Å². The third-order valence-corrected chi connectivity index (χ3v) is 4.85. The maximum absolute atomic E-state index is 12.1. The van der Waals surface area contributed by atoms with Crippen molar-refractivity contribution < 1.29 is 4.79 Å². The molecule has 3 rings (SSSR count). The fourth-order valence-corrected chi connectivity index (χ4v) is 3.17. The van der Waals surface area contributed by atoms with E-state index in [9.17, 15) is 4.79 Å². The van der Waals surface area contributed by atoms with E-state index in [1.807, 2.05) is 18.5 Å². The Labute approximate surface area is 153 Å². The minimum Gasteiger partial charge on any atom is -0.379 e. The molecule has 0 atom stereocenters. The zero-order valence-electron chi connectivity index (χ0n) is 16.0. The van der Waals surface area contributed by atoms with Gasteiger partial charge in [0.2, 0.25) is 0 Å². The summed E-state index contributed by atoms with van der Waals surface area (Å²) in [6.45, 7) is 6.90. The Bertz CT molecular complexity index is 974. The molecule has 0 aliphatic rings. The highest BCUT2D eigenvalue weighted by atomic mass is 16.1. The molecule has 0 saturated carbocycles. The van der Waals surface area contributed by atoms with Crippen LogP contribution < -0.4 is 10.6 Å². The molecular formula is C20H25N5O. The monoisotopic (exact) mass is 351 g/mol. The third kappa shape index (κ3) is 3.14. The Morgan fingerprint density at radius 3 is 2.69 bits per heavy atom. The molecule has 0 saturated heterocycles. The van der Waals surface area contributed by atoms with Crippen molar-refractivity contribution in [3.8, 4) is 0 Å². The second kappa shape index (κ2) is 7.15.